The molecule has 1 aromatic carbocycles. The number of fused-ring (bicyclic) bond motifs is 1. The largest absolute Gasteiger partial charge is 0.455 e. The van der Waals surface area contributed by atoms with Crippen LogP contribution in [0.5, 0.6) is 11.5 Å². The van der Waals surface area contributed by atoms with Crippen LogP contribution in [0.15, 0.2) is 55.1 Å². The summed E-state index contributed by atoms with van der Waals surface area (Å²) in [5, 5.41) is 3.43. The van der Waals surface area contributed by atoms with Crippen LogP contribution < -0.4 is 10.1 Å². The summed E-state index contributed by atoms with van der Waals surface area (Å²) in [7, 11) is 0. The fraction of sp³-hybridized carbons (Fsp3) is 0.320. The third kappa shape index (κ3) is 5.85. The highest BCUT2D eigenvalue weighted by molar-refractivity contribution is 5.88. The van der Waals surface area contributed by atoms with E-state index in [1.165, 1.54) is 0 Å². The Labute approximate surface area is 193 Å². The third-order valence-corrected chi connectivity index (χ3v) is 5.15. The van der Waals surface area contributed by atoms with Crippen LogP contribution in [0, 0.1) is 13.8 Å². The number of hydrogen-bond donors (Lipinski definition) is 1. The van der Waals surface area contributed by atoms with Crippen molar-refractivity contribution in [3.05, 3.63) is 66.4 Å². The predicted octanol–water partition coefficient (Wildman–Crippen LogP) is 5.03. The first kappa shape index (κ1) is 22.7. The van der Waals surface area contributed by atoms with Crippen molar-refractivity contribution >= 4 is 22.5 Å². The van der Waals surface area contributed by atoms with Gasteiger partial charge in [0.25, 0.3) is 0 Å². The molecule has 1 N–H and O–H groups in total. The summed E-state index contributed by atoms with van der Waals surface area (Å²) >= 11 is 0. The second-order valence-corrected chi connectivity index (χ2v) is 7.62. The number of nitrogens with one attached hydrogen (secondary N) is 1. The second kappa shape index (κ2) is 10.9. The maximum absolute atomic E-state index is 5.98. The topological polar surface area (TPSA) is 83.3 Å². The molecule has 0 bridgehead atoms. The van der Waals surface area contributed by atoms with Gasteiger partial charge in [-0.1, -0.05) is 0 Å². The molecule has 0 aliphatic rings. The highest BCUT2D eigenvalue weighted by Gasteiger charge is 2.11. The lowest BCUT2D eigenvalue weighted by atomic mass is 10.2. The lowest BCUT2D eigenvalue weighted by Crippen LogP contribution is -2.10. The van der Waals surface area contributed by atoms with Gasteiger partial charge in [-0.2, -0.15) is 0 Å². The van der Waals surface area contributed by atoms with Gasteiger partial charge in [-0.05, 0) is 62.7 Å². The second-order valence-electron chi connectivity index (χ2n) is 7.62. The molecule has 8 heteroatoms. The Morgan fingerprint density at radius 3 is 2.61 bits per heavy atom. The summed E-state index contributed by atoms with van der Waals surface area (Å²) < 4.78 is 19.1. The third-order valence-electron chi connectivity index (χ3n) is 5.15. The first-order chi connectivity index (χ1) is 16.1. The van der Waals surface area contributed by atoms with Crippen molar-refractivity contribution in [2.24, 2.45) is 0 Å². The predicted molar refractivity (Wildman–Crippen MR) is 128 cm³/mol. The lowest BCUT2D eigenvalue weighted by molar-refractivity contribution is 0.0500. The van der Waals surface area contributed by atoms with Gasteiger partial charge < -0.3 is 24.1 Å². The minimum absolute atomic E-state index is 0.584. The molecule has 0 spiro atoms. The van der Waals surface area contributed by atoms with Crippen molar-refractivity contribution in [3.63, 3.8) is 0 Å². The molecule has 0 atom stereocenters. The van der Waals surface area contributed by atoms with Crippen molar-refractivity contribution < 1.29 is 14.2 Å². The van der Waals surface area contributed by atoms with Gasteiger partial charge in [0.1, 0.15) is 23.3 Å². The average molecular weight is 448 g/mol. The Balaban J connectivity index is 1.46. The van der Waals surface area contributed by atoms with Gasteiger partial charge in [-0.3, -0.25) is 4.98 Å². The molecular formula is C25H29N5O3. The van der Waals surface area contributed by atoms with Crippen LogP contribution in [0.25, 0.3) is 11.0 Å². The minimum atomic E-state index is 0.584. The Kier molecular flexibility index (Phi) is 7.49. The number of nitrogens with zero attached hydrogens (tertiary/aromatic N) is 4. The number of anilines is 2. The van der Waals surface area contributed by atoms with Crippen LogP contribution in [0.1, 0.15) is 18.2 Å². The number of ether oxygens (including phenoxy) is 3. The van der Waals surface area contributed by atoms with E-state index in [1.54, 1.807) is 12.5 Å². The highest BCUT2D eigenvalue weighted by Crippen LogP contribution is 2.29. The zero-order valence-corrected chi connectivity index (χ0v) is 19.2. The molecule has 4 aromatic rings. The molecule has 8 nitrogen and oxygen atoms in total. The van der Waals surface area contributed by atoms with E-state index in [9.17, 15) is 0 Å². The van der Waals surface area contributed by atoms with E-state index >= 15 is 0 Å². The summed E-state index contributed by atoms with van der Waals surface area (Å²) in [6.07, 6.45) is 5.31. The zero-order valence-electron chi connectivity index (χ0n) is 19.2. The van der Waals surface area contributed by atoms with Crippen molar-refractivity contribution in [2.45, 2.75) is 27.3 Å². The lowest BCUT2D eigenvalue weighted by Gasteiger charge is -2.13. The van der Waals surface area contributed by atoms with E-state index in [1.807, 2.05) is 63.4 Å². The Bertz CT molecular complexity index is 1190. The van der Waals surface area contributed by atoms with Crippen LogP contribution in [0.3, 0.4) is 0 Å². The molecule has 3 aromatic heterocycles. The Morgan fingerprint density at radius 2 is 1.82 bits per heavy atom. The van der Waals surface area contributed by atoms with Crippen LogP contribution >= 0.6 is 0 Å². The normalized spacial score (nSPS) is 11.1. The monoisotopic (exact) mass is 447 g/mol. The minimum Gasteiger partial charge on any atom is -0.455 e. The molecule has 0 radical (unpaired) electrons. The molecule has 33 heavy (non-hydrogen) atoms. The number of benzene rings is 1. The molecule has 0 aliphatic carbocycles. The molecule has 0 amide bonds. The standard InChI is InChI=1S/C25H29N5O3/c1-4-31-13-14-32-12-11-30-10-9-22-24(30)25(28-17-27-22)29-20-6-8-23(18(2)15-20)33-21-7-5-19(3)26-16-21/h5-10,15-17H,4,11-14H2,1-3H3,(H,27,28,29). The first-order valence-electron chi connectivity index (χ1n) is 11.1. The van der Waals surface area contributed by atoms with E-state index in [4.69, 9.17) is 14.2 Å². The number of pyridine rings is 1. The van der Waals surface area contributed by atoms with E-state index in [0.717, 1.165) is 39.5 Å². The molecule has 0 saturated carbocycles. The van der Waals surface area contributed by atoms with Crippen LogP contribution in [-0.4, -0.2) is 45.9 Å². The molecule has 4 rings (SSSR count). The number of hydrogen-bond acceptors (Lipinski definition) is 7. The van der Waals surface area contributed by atoms with Gasteiger partial charge in [0.15, 0.2) is 5.82 Å². The van der Waals surface area contributed by atoms with Crippen molar-refractivity contribution in [2.75, 3.05) is 31.7 Å². The van der Waals surface area contributed by atoms with Crippen molar-refractivity contribution in [1.29, 1.82) is 0 Å². The molecule has 3 heterocycles. The van der Waals surface area contributed by atoms with Gasteiger partial charge >= 0.3 is 0 Å². The van der Waals surface area contributed by atoms with Crippen LogP contribution in [-0.2, 0) is 16.0 Å². The van der Waals surface area contributed by atoms with Gasteiger partial charge in [-0.15, -0.1) is 0 Å². The molecule has 0 aliphatic heterocycles. The van der Waals surface area contributed by atoms with Crippen LogP contribution in [0.4, 0.5) is 11.5 Å². The number of aromatic nitrogens is 4. The molecular weight excluding hydrogens is 418 g/mol. The van der Waals surface area contributed by atoms with Gasteiger partial charge in [0.05, 0.1) is 31.5 Å². The van der Waals surface area contributed by atoms with Gasteiger partial charge in [-0.25, -0.2) is 9.97 Å². The molecule has 0 saturated heterocycles. The van der Waals surface area contributed by atoms with Crippen molar-refractivity contribution in [1.82, 2.24) is 19.5 Å². The maximum Gasteiger partial charge on any atom is 0.158 e. The van der Waals surface area contributed by atoms with Crippen molar-refractivity contribution in [3.8, 4) is 11.5 Å². The smallest absolute Gasteiger partial charge is 0.158 e. The van der Waals surface area contributed by atoms with E-state index < -0.39 is 0 Å². The summed E-state index contributed by atoms with van der Waals surface area (Å²) in [6.45, 7) is 9.13. The average Bonchev–Trinajstić information content (AvgIpc) is 3.23. The molecule has 0 fully saturated rings. The Hall–Kier alpha value is -3.49. The van der Waals surface area contributed by atoms with E-state index in [-0.39, 0.29) is 0 Å². The Morgan fingerprint density at radius 1 is 0.939 bits per heavy atom. The number of rotatable bonds is 11. The maximum atomic E-state index is 5.98. The molecule has 0 unspecified atom stereocenters. The first-order valence-corrected chi connectivity index (χ1v) is 11.1. The van der Waals surface area contributed by atoms with Crippen LogP contribution in [0.2, 0.25) is 0 Å². The summed E-state index contributed by atoms with van der Waals surface area (Å²) in [4.78, 5) is 13.2. The summed E-state index contributed by atoms with van der Waals surface area (Å²) in [6, 6.07) is 11.8. The van der Waals surface area contributed by atoms with E-state index in [0.29, 0.717) is 38.7 Å². The number of aryl methyl sites for hydroxylation is 2. The molecule has 172 valence electrons. The fourth-order valence-electron chi connectivity index (χ4n) is 3.46. The fourth-order valence-corrected chi connectivity index (χ4v) is 3.46. The highest BCUT2D eigenvalue weighted by atomic mass is 16.5. The zero-order chi connectivity index (χ0) is 23.0. The SMILES string of the molecule is CCOCCOCCn1ccc2ncnc(Nc3ccc(Oc4ccc(C)nc4)c(C)c3)c21. The quantitative estimate of drug-likeness (QED) is 0.323. The summed E-state index contributed by atoms with van der Waals surface area (Å²) in [5.74, 6) is 2.24. The van der Waals surface area contributed by atoms with Gasteiger partial charge in [0.2, 0.25) is 0 Å². The summed E-state index contributed by atoms with van der Waals surface area (Å²) in [5.41, 5.74) is 4.70. The van der Waals surface area contributed by atoms with E-state index in [2.05, 4.69) is 24.8 Å². The van der Waals surface area contributed by atoms with Gasteiger partial charge in [0, 0.05) is 30.7 Å².